The molecule has 0 saturated carbocycles. The topological polar surface area (TPSA) is 46.6 Å². The standard InChI is InChI=1S/C11H15BrFNO3S/c1-14(7-9(12)8-17-2)18(15,16)11-5-3-4-10(13)6-11/h3-6,9H,7-8H2,1-2H3. The van der Waals surface area contributed by atoms with Gasteiger partial charge in [-0.15, -0.1) is 0 Å². The summed E-state index contributed by atoms with van der Waals surface area (Å²) in [5.74, 6) is -0.572. The molecule has 0 fully saturated rings. The van der Waals surface area contributed by atoms with Gasteiger partial charge in [0.05, 0.1) is 16.3 Å². The van der Waals surface area contributed by atoms with E-state index < -0.39 is 15.8 Å². The maximum Gasteiger partial charge on any atom is 0.242 e. The van der Waals surface area contributed by atoms with Crippen LogP contribution < -0.4 is 0 Å². The van der Waals surface area contributed by atoms with Gasteiger partial charge >= 0.3 is 0 Å². The first kappa shape index (κ1) is 15.6. The molecule has 0 aromatic heterocycles. The molecule has 0 bridgehead atoms. The average Bonchev–Trinajstić information content (AvgIpc) is 2.29. The van der Waals surface area contributed by atoms with Crippen molar-refractivity contribution in [1.82, 2.24) is 4.31 Å². The second-order valence-electron chi connectivity index (χ2n) is 3.80. The van der Waals surface area contributed by atoms with Crippen LogP contribution >= 0.6 is 15.9 Å². The summed E-state index contributed by atoms with van der Waals surface area (Å²) >= 11 is 3.31. The predicted octanol–water partition coefficient (Wildman–Crippen LogP) is 1.86. The lowest BCUT2D eigenvalue weighted by Crippen LogP contribution is -2.33. The number of benzene rings is 1. The van der Waals surface area contributed by atoms with E-state index in [9.17, 15) is 12.8 Å². The Kier molecular flexibility index (Phi) is 5.71. The molecule has 0 aliphatic rings. The van der Waals surface area contributed by atoms with Crippen LogP contribution in [0, 0.1) is 5.82 Å². The van der Waals surface area contributed by atoms with Gasteiger partial charge in [0.15, 0.2) is 0 Å². The van der Waals surface area contributed by atoms with E-state index in [1.807, 2.05) is 0 Å². The fraction of sp³-hybridized carbons (Fsp3) is 0.455. The highest BCUT2D eigenvalue weighted by Gasteiger charge is 2.23. The SMILES string of the molecule is COCC(Br)CN(C)S(=O)(=O)c1cccc(F)c1. The predicted molar refractivity (Wildman–Crippen MR) is 70.8 cm³/mol. The van der Waals surface area contributed by atoms with E-state index in [1.54, 1.807) is 0 Å². The summed E-state index contributed by atoms with van der Waals surface area (Å²) in [6.07, 6.45) is 0. The van der Waals surface area contributed by atoms with Crippen molar-refractivity contribution in [3.05, 3.63) is 30.1 Å². The summed E-state index contributed by atoms with van der Waals surface area (Å²) in [7, 11) is -0.681. The highest BCUT2D eigenvalue weighted by atomic mass is 79.9. The van der Waals surface area contributed by atoms with Crippen LogP contribution in [0.5, 0.6) is 0 Å². The molecule has 1 rings (SSSR count). The lowest BCUT2D eigenvalue weighted by atomic mass is 10.4. The van der Waals surface area contributed by atoms with Gasteiger partial charge in [-0.3, -0.25) is 0 Å². The summed E-state index contributed by atoms with van der Waals surface area (Å²) < 4.78 is 43.4. The van der Waals surface area contributed by atoms with E-state index in [0.29, 0.717) is 6.61 Å². The molecule has 0 aliphatic heterocycles. The molecule has 1 atom stereocenters. The second-order valence-corrected chi connectivity index (χ2v) is 7.14. The van der Waals surface area contributed by atoms with E-state index in [1.165, 1.54) is 36.7 Å². The molecule has 4 nitrogen and oxygen atoms in total. The zero-order valence-corrected chi connectivity index (χ0v) is 12.5. The third kappa shape index (κ3) is 4.01. The highest BCUT2D eigenvalue weighted by molar-refractivity contribution is 9.09. The van der Waals surface area contributed by atoms with Crippen LogP contribution in [0.2, 0.25) is 0 Å². The summed E-state index contributed by atoms with van der Waals surface area (Å²) in [4.78, 5) is -0.169. The lowest BCUT2D eigenvalue weighted by Gasteiger charge is -2.20. The van der Waals surface area contributed by atoms with Crippen molar-refractivity contribution in [1.29, 1.82) is 0 Å². The largest absolute Gasteiger partial charge is 0.383 e. The Bertz CT molecular complexity index is 495. The molecular formula is C11H15BrFNO3S. The third-order valence-corrected chi connectivity index (χ3v) is 4.68. The normalized spacial score (nSPS) is 13.8. The molecule has 1 unspecified atom stereocenters. The summed E-state index contributed by atoms with van der Waals surface area (Å²) in [5.41, 5.74) is 0. The van der Waals surface area contributed by atoms with Crippen molar-refractivity contribution in [3.8, 4) is 0 Å². The smallest absolute Gasteiger partial charge is 0.242 e. The van der Waals surface area contributed by atoms with Crippen molar-refractivity contribution >= 4 is 26.0 Å². The van der Waals surface area contributed by atoms with Crippen LogP contribution in [0.1, 0.15) is 0 Å². The Morgan fingerprint density at radius 3 is 2.72 bits per heavy atom. The number of halogens is 2. The third-order valence-electron chi connectivity index (χ3n) is 2.31. The number of hydrogen-bond donors (Lipinski definition) is 0. The van der Waals surface area contributed by atoms with Gasteiger partial charge in [0.2, 0.25) is 10.0 Å². The van der Waals surface area contributed by atoms with Crippen LogP contribution in [0.3, 0.4) is 0 Å². The van der Waals surface area contributed by atoms with Gasteiger partial charge in [-0.2, -0.15) is 4.31 Å². The Balaban J connectivity index is 2.86. The van der Waals surface area contributed by atoms with Crippen molar-refractivity contribution < 1.29 is 17.5 Å². The average molecular weight is 340 g/mol. The molecule has 0 amide bonds. The molecule has 0 heterocycles. The second kappa shape index (κ2) is 6.60. The molecule has 0 aliphatic carbocycles. The van der Waals surface area contributed by atoms with Gasteiger partial charge in [0, 0.05) is 20.7 Å². The maximum absolute atomic E-state index is 13.0. The Labute approximate surface area is 115 Å². The number of methoxy groups -OCH3 is 1. The molecule has 18 heavy (non-hydrogen) atoms. The maximum atomic E-state index is 13.0. The Hall–Kier alpha value is -0.500. The molecule has 7 heteroatoms. The summed E-state index contributed by atoms with van der Waals surface area (Å²) in [6, 6.07) is 4.95. The van der Waals surface area contributed by atoms with Crippen molar-refractivity contribution in [2.75, 3.05) is 27.3 Å². The lowest BCUT2D eigenvalue weighted by molar-refractivity contribution is 0.195. The van der Waals surface area contributed by atoms with Gasteiger partial charge in [-0.1, -0.05) is 22.0 Å². The zero-order valence-electron chi connectivity index (χ0n) is 10.1. The molecule has 1 aromatic carbocycles. The first-order chi connectivity index (χ1) is 8.37. The minimum absolute atomic E-state index is 0.0536. The van der Waals surface area contributed by atoms with Gasteiger partial charge < -0.3 is 4.74 Å². The summed E-state index contributed by atoms with van der Waals surface area (Å²) in [5, 5.41) is 0. The van der Waals surface area contributed by atoms with E-state index in [2.05, 4.69) is 15.9 Å². The van der Waals surface area contributed by atoms with Gasteiger partial charge in [0.1, 0.15) is 5.82 Å². The van der Waals surface area contributed by atoms with Crippen molar-refractivity contribution in [2.24, 2.45) is 0 Å². The monoisotopic (exact) mass is 339 g/mol. The van der Waals surface area contributed by atoms with Gasteiger partial charge in [0.25, 0.3) is 0 Å². The first-order valence-corrected chi connectivity index (χ1v) is 7.58. The number of hydrogen-bond acceptors (Lipinski definition) is 3. The minimum Gasteiger partial charge on any atom is -0.383 e. The molecular weight excluding hydrogens is 325 g/mol. The Morgan fingerprint density at radius 1 is 1.50 bits per heavy atom. The van der Waals surface area contributed by atoms with Crippen LogP contribution in [0.15, 0.2) is 29.2 Å². The van der Waals surface area contributed by atoms with Crippen molar-refractivity contribution in [3.63, 3.8) is 0 Å². The van der Waals surface area contributed by atoms with Crippen LogP contribution in [-0.4, -0.2) is 44.9 Å². The van der Waals surface area contributed by atoms with Gasteiger partial charge in [-0.05, 0) is 18.2 Å². The van der Waals surface area contributed by atoms with Crippen LogP contribution in [0.4, 0.5) is 4.39 Å². The van der Waals surface area contributed by atoms with E-state index in [4.69, 9.17) is 4.74 Å². The zero-order chi connectivity index (χ0) is 13.8. The summed E-state index contributed by atoms with van der Waals surface area (Å²) in [6.45, 7) is 0.635. The number of ether oxygens (including phenoxy) is 1. The van der Waals surface area contributed by atoms with E-state index >= 15 is 0 Å². The minimum atomic E-state index is -3.67. The first-order valence-electron chi connectivity index (χ1n) is 5.23. The van der Waals surface area contributed by atoms with Crippen molar-refractivity contribution in [2.45, 2.75) is 9.72 Å². The Morgan fingerprint density at radius 2 is 2.17 bits per heavy atom. The number of nitrogens with zero attached hydrogens (tertiary/aromatic N) is 1. The molecule has 0 spiro atoms. The molecule has 0 saturated heterocycles. The fourth-order valence-electron chi connectivity index (χ4n) is 1.42. The quantitative estimate of drug-likeness (QED) is 0.743. The number of sulfonamides is 1. The fourth-order valence-corrected chi connectivity index (χ4v) is 3.56. The van der Waals surface area contributed by atoms with Crippen LogP contribution in [0.25, 0.3) is 0 Å². The van der Waals surface area contributed by atoms with E-state index in [0.717, 1.165) is 6.07 Å². The number of alkyl halides is 1. The van der Waals surface area contributed by atoms with Crippen LogP contribution in [-0.2, 0) is 14.8 Å². The molecule has 0 radical (unpaired) electrons. The van der Waals surface area contributed by atoms with Gasteiger partial charge in [-0.25, -0.2) is 12.8 Å². The number of rotatable bonds is 6. The molecule has 102 valence electrons. The molecule has 1 aromatic rings. The molecule has 0 N–H and O–H groups in total. The van der Waals surface area contributed by atoms with E-state index in [-0.39, 0.29) is 16.3 Å². The highest BCUT2D eigenvalue weighted by Crippen LogP contribution is 2.16.